The van der Waals surface area contributed by atoms with Crippen LogP contribution in [0.25, 0.3) is 61.1 Å². The topological polar surface area (TPSA) is 36.3 Å². The average molecular weight is 834 g/mol. The summed E-state index contributed by atoms with van der Waals surface area (Å²) in [5.74, 6) is 0.926. The van der Waals surface area contributed by atoms with E-state index in [9.17, 15) is 0 Å². The van der Waals surface area contributed by atoms with Crippen LogP contribution >= 0.6 is 0 Å². The Morgan fingerprint density at radius 1 is 0.400 bits per heavy atom. The van der Waals surface area contributed by atoms with Gasteiger partial charge in [0.1, 0.15) is 12.0 Å². The highest BCUT2D eigenvalue weighted by Crippen LogP contribution is 2.47. The van der Waals surface area contributed by atoms with E-state index in [1.807, 2.05) is 6.07 Å². The lowest BCUT2D eigenvalue weighted by molar-refractivity contribution is 0.828. The van der Waals surface area contributed by atoms with Gasteiger partial charge in [0.25, 0.3) is 0 Å². The SMILES string of the molecule is c1ccc(-c2nc3ccccc3n2-c2cccc(-c3ccc(N(c4ccc(-c5cccc(N6c7ccccc7NC6c6ccccc6)c5)cc4)c4ccc5ccccc5c4)cc3)c2)cc1. The van der Waals surface area contributed by atoms with Crippen molar-refractivity contribution in [3.05, 3.63) is 254 Å². The molecule has 0 aliphatic carbocycles. The zero-order valence-corrected chi connectivity index (χ0v) is 35.5. The van der Waals surface area contributed by atoms with Crippen LogP contribution in [0.1, 0.15) is 11.7 Å². The molecule has 1 aliphatic rings. The zero-order valence-electron chi connectivity index (χ0n) is 35.5. The van der Waals surface area contributed by atoms with Crippen LogP contribution in [0.5, 0.6) is 0 Å². The van der Waals surface area contributed by atoms with Gasteiger partial charge in [-0.05, 0) is 124 Å². The number of para-hydroxylation sites is 4. The van der Waals surface area contributed by atoms with Gasteiger partial charge in [0.05, 0.1) is 22.4 Å². The van der Waals surface area contributed by atoms with Crippen LogP contribution in [-0.2, 0) is 0 Å². The van der Waals surface area contributed by atoms with E-state index in [2.05, 4.69) is 262 Å². The van der Waals surface area contributed by atoms with Crippen molar-refractivity contribution in [3.8, 4) is 39.3 Å². The minimum absolute atomic E-state index is 0.0124. The maximum Gasteiger partial charge on any atom is 0.145 e. The molecule has 2 heterocycles. The molecule has 1 unspecified atom stereocenters. The lowest BCUT2D eigenvalue weighted by atomic mass is 10.0. The van der Waals surface area contributed by atoms with Crippen LogP contribution < -0.4 is 15.1 Å². The summed E-state index contributed by atoms with van der Waals surface area (Å²) in [6, 6.07) is 88.9. The van der Waals surface area contributed by atoms with E-state index in [1.54, 1.807) is 0 Å². The largest absolute Gasteiger partial charge is 0.359 e. The molecule has 0 bridgehead atoms. The number of rotatable bonds is 9. The van der Waals surface area contributed by atoms with Gasteiger partial charge in [-0.1, -0.05) is 164 Å². The first kappa shape index (κ1) is 38.0. The lowest BCUT2D eigenvalue weighted by Crippen LogP contribution is -2.23. The summed E-state index contributed by atoms with van der Waals surface area (Å²) in [6.07, 6.45) is -0.0124. The third-order valence-electron chi connectivity index (χ3n) is 12.6. The Balaban J connectivity index is 0.891. The predicted octanol–water partition coefficient (Wildman–Crippen LogP) is 15.9. The van der Waals surface area contributed by atoms with Crippen molar-refractivity contribution in [1.82, 2.24) is 9.55 Å². The van der Waals surface area contributed by atoms with Crippen LogP contribution in [0.2, 0.25) is 0 Å². The smallest absolute Gasteiger partial charge is 0.145 e. The quantitative estimate of drug-likeness (QED) is 0.157. The molecule has 10 aromatic carbocycles. The summed E-state index contributed by atoms with van der Waals surface area (Å²) < 4.78 is 2.27. The highest BCUT2D eigenvalue weighted by atomic mass is 15.3. The number of benzene rings is 10. The van der Waals surface area contributed by atoms with Gasteiger partial charge in [-0.15, -0.1) is 0 Å². The van der Waals surface area contributed by atoms with Gasteiger partial charge in [-0.3, -0.25) is 4.57 Å². The molecule has 0 fully saturated rings. The standard InChI is InChI=1S/C60H43N5/c1-3-16-45(17-4-1)59-61-55-25-9-11-27-57(55)64(59)52-23-13-21-48(39-52)43-29-34-50(35-30-43)63(54-38-33-42-15-7-8-20-47(42)41-54)51-36-31-44(32-37-51)49-22-14-24-53(40-49)65-58-28-12-10-26-56(58)62-60(65)46-18-5-2-6-19-46/h1-41,59,61H. The van der Waals surface area contributed by atoms with Gasteiger partial charge in [0, 0.05) is 34.0 Å². The number of aromatic nitrogens is 2. The fourth-order valence-corrected chi connectivity index (χ4v) is 9.41. The van der Waals surface area contributed by atoms with Crippen molar-refractivity contribution in [2.24, 2.45) is 0 Å². The maximum atomic E-state index is 5.09. The molecule has 12 rings (SSSR count). The highest BCUT2D eigenvalue weighted by Gasteiger charge is 2.31. The Morgan fingerprint density at radius 2 is 0.969 bits per heavy atom. The molecule has 1 aliphatic heterocycles. The first-order chi connectivity index (χ1) is 32.2. The van der Waals surface area contributed by atoms with Gasteiger partial charge < -0.3 is 15.1 Å². The van der Waals surface area contributed by atoms with Crippen molar-refractivity contribution in [1.29, 1.82) is 0 Å². The molecule has 1 N–H and O–H groups in total. The summed E-state index contributed by atoms with van der Waals surface area (Å²) >= 11 is 0. The Hall–Kier alpha value is -8.67. The van der Waals surface area contributed by atoms with Gasteiger partial charge >= 0.3 is 0 Å². The van der Waals surface area contributed by atoms with Crippen molar-refractivity contribution < 1.29 is 0 Å². The van der Waals surface area contributed by atoms with Crippen LogP contribution in [0.15, 0.2) is 249 Å². The minimum atomic E-state index is -0.0124. The van der Waals surface area contributed by atoms with E-state index in [4.69, 9.17) is 4.98 Å². The molecule has 65 heavy (non-hydrogen) atoms. The van der Waals surface area contributed by atoms with Crippen molar-refractivity contribution in [2.45, 2.75) is 6.17 Å². The van der Waals surface area contributed by atoms with Gasteiger partial charge in [-0.2, -0.15) is 0 Å². The molecule has 5 nitrogen and oxygen atoms in total. The van der Waals surface area contributed by atoms with Gasteiger partial charge in [0.15, 0.2) is 0 Å². The summed E-state index contributed by atoms with van der Waals surface area (Å²) in [4.78, 5) is 9.85. The summed E-state index contributed by atoms with van der Waals surface area (Å²) in [7, 11) is 0. The molecule has 11 aromatic rings. The highest BCUT2D eigenvalue weighted by molar-refractivity contribution is 5.91. The van der Waals surface area contributed by atoms with Crippen LogP contribution in [0.4, 0.5) is 34.1 Å². The predicted molar refractivity (Wildman–Crippen MR) is 271 cm³/mol. The van der Waals surface area contributed by atoms with Crippen LogP contribution in [-0.4, -0.2) is 9.55 Å². The second kappa shape index (κ2) is 16.2. The molecule has 0 saturated carbocycles. The van der Waals surface area contributed by atoms with E-state index in [0.29, 0.717) is 0 Å². The van der Waals surface area contributed by atoms with E-state index in [-0.39, 0.29) is 6.17 Å². The Morgan fingerprint density at radius 3 is 1.71 bits per heavy atom. The molecule has 0 radical (unpaired) electrons. The molecule has 1 aromatic heterocycles. The molecule has 5 heteroatoms. The molecule has 308 valence electrons. The van der Waals surface area contributed by atoms with E-state index in [1.165, 1.54) is 22.0 Å². The van der Waals surface area contributed by atoms with Crippen LogP contribution in [0, 0.1) is 0 Å². The van der Waals surface area contributed by atoms with Gasteiger partial charge in [0.2, 0.25) is 0 Å². The average Bonchev–Trinajstić information content (AvgIpc) is 3.97. The number of anilines is 6. The first-order valence-corrected chi connectivity index (χ1v) is 22.1. The number of imidazole rings is 1. The van der Waals surface area contributed by atoms with E-state index in [0.717, 1.165) is 78.8 Å². The molecule has 0 amide bonds. The van der Waals surface area contributed by atoms with Crippen LogP contribution in [0.3, 0.4) is 0 Å². The third kappa shape index (κ3) is 7.06. The number of hydrogen-bond donors (Lipinski definition) is 1. The molecule has 1 atom stereocenters. The number of nitrogens with one attached hydrogen (secondary N) is 1. The Bertz CT molecular complexity index is 3470. The van der Waals surface area contributed by atoms with Crippen molar-refractivity contribution in [3.63, 3.8) is 0 Å². The van der Waals surface area contributed by atoms with Crippen molar-refractivity contribution >= 4 is 55.9 Å². The molecule has 0 saturated heterocycles. The molecular weight excluding hydrogens is 791 g/mol. The zero-order chi connectivity index (χ0) is 43.1. The number of nitrogens with zero attached hydrogens (tertiary/aromatic N) is 4. The molecule has 0 spiro atoms. The fraction of sp³-hybridized carbons (Fsp3) is 0.0167. The minimum Gasteiger partial charge on any atom is -0.359 e. The number of fused-ring (bicyclic) bond motifs is 3. The lowest BCUT2D eigenvalue weighted by Gasteiger charge is -2.28. The van der Waals surface area contributed by atoms with Gasteiger partial charge in [-0.25, -0.2) is 4.98 Å². The van der Waals surface area contributed by atoms with E-state index >= 15 is 0 Å². The second-order valence-corrected chi connectivity index (χ2v) is 16.5. The second-order valence-electron chi connectivity index (χ2n) is 16.5. The molecular formula is C60H43N5. The Labute approximate surface area is 378 Å². The number of hydrogen-bond acceptors (Lipinski definition) is 4. The monoisotopic (exact) mass is 833 g/mol. The summed E-state index contributed by atoms with van der Waals surface area (Å²) in [6.45, 7) is 0. The summed E-state index contributed by atoms with van der Waals surface area (Å²) in [5.41, 5.74) is 16.7. The fourth-order valence-electron chi connectivity index (χ4n) is 9.41. The van der Waals surface area contributed by atoms with Crippen molar-refractivity contribution in [2.75, 3.05) is 15.1 Å². The Kier molecular flexibility index (Phi) is 9.50. The van der Waals surface area contributed by atoms with E-state index < -0.39 is 0 Å². The summed E-state index contributed by atoms with van der Waals surface area (Å²) in [5, 5.41) is 6.19. The first-order valence-electron chi connectivity index (χ1n) is 22.1. The normalized spacial score (nSPS) is 13.2. The third-order valence-corrected chi connectivity index (χ3v) is 12.6. The maximum absolute atomic E-state index is 5.09.